The summed E-state index contributed by atoms with van der Waals surface area (Å²) in [5.74, 6) is 1.42. The monoisotopic (exact) mass is 590 g/mol. The van der Waals surface area contributed by atoms with Gasteiger partial charge in [0.05, 0.1) is 31.4 Å². The van der Waals surface area contributed by atoms with Crippen molar-refractivity contribution in [3.05, 3.63) is 53.6 Å². The molecule has 43 heavy (non-hydrogen) atoms. The summed E-state index contributed by atoms with van der Waals surface area (Å²) < 4.78 is 17.6. The van der Waals surface area contributed by atoms with E-state index in [9.17, 15) is 9.59 Å². The lowest BCUT2D eigenvalue weighted by Gasteiger charge is -2.22. The molecule has 1 aromatic heterocycles. The molecule has 0 saturated heterocycles. The van der Waals surface area contributed by atoms with E-state index in [1.54, 1.807) is 18.2 Å². The second-order valence-electron chi connectivity index (χ2n) is 10.6. The standard InChI is InChI=1S/C32H42N6O5/c1-5-21(3)28(22(4)39)35-29(40)26-16-13-24-19-27(26)43-18-10-8-7-9-17-42-25-14-11-23(12-15-25)20-33-30-36-31(34-24)38-32(37-30)41-6-2/h11-16,19,21,28H,5-10,17-18,20H2,1-4H3,(H,35,40)(H2,33,34,36,37,38)/t21-,28+/m1/s1. The molecule has 3 aromatic rings. The predicted molar refractivity (Wildman–Crippen MR) is 165 cm³/mol. The van der Waals surface area contributed by atoms with Crippen molar-refractivity contribution < 1.29 is 23.8 Å². The van der Waals surface area contributed by atoms with Gasteiger partial charge in [-0.3, -0.25) is 9.59 Å². The van der Waals surface area contributed by atoms with Gasteiger partial charge in [-0.15, -0.1) is 0 Å². The summed E-state index contributed by atoms with van der Waals surface area (Å²) >= 11 is 0. The Morgan fingerprint density at radius 3 is 2.37 bits per heavy atom. The highest BCUT2D eigenvalue weighted by Crippen LogP contribution is 2.27. The first-order valence-electron chi connectivity index (χ1n) is 15.1. The molecular formula is C32H42N6O5. The van der Waals surface area contributed by atoms with Gasteiger partial charge in [-0.25, -0.2) is 0 Å². The molecule has 0 radical (unpaired) electrons. The van der Waals surface area contributed by atoms with Crippen LogP contribution in [0.15, 0.2) is 42.5 Å². The van der Waals surface area contributed by atoms with Crippen LogP contribution in [0.3, 0.4) is 0 Å². The lowest BCUT2D eigenvalue weighted by molar-refractivity contribution is -0.119. The van der Waals surface area contributed by atoms with Gasteiger partial charge in [-0.1, -0.05) is 32.4 Å². The fourth-order valence-electron chi connectivity index (χ4n) is 4.64. The Bertz CT molecular complexity index is 1370. The average Bonchev–Trinajstić information content (AvgIpc) is 3.00. The van der Waals surface area contributed by atoms with E-state index in [1.807, 2.05) is 45.0 Å². The Morgan fingerprint density at radius 2 is 1.67 bits per heavy atom. The molecule has 3 N–H and O–H groups in total. The van der Waals surface area contributed by atoms with Gasteiger partial charge < -0.3 is 30.2 Å². The van der Waals surface area contributed by atoms with E-state index >= 15 is 0 Å². The van der Waals surface area contributed by atoms with Crippen molar-refractivity contribution in [1.82, 2.24) is 20.3 Å². The molecular weight excluding hydrogens is 548 g/mol. The normalized spacial score (nSPS) is 15.3. The predicted octanol–water partition coefficient (Wildman–Crippen LogP) is 5.69. The molecule has 230 valence electrons. The van der Waals surface area contributed by atoms with Crippen LogP contribution in [0.2, 0.25) is 0 Å². The number of amides is 1. The molecule has 1 amide bonds. The zero-order chi connectivity index (χ0) is 30.6. The highest BCUT2D eigenvalue weighted by molar-refractivity contribution is 6.00. The van der Waals surface area contributed by atoms with Gasteiger partial charge in [-0.05, 0) is 75.3 Å². The van der Waals surface area contributed by atoms with Crippen LogP contribution in [0.25, 0.3) is 0 Å². The molecule has 2 atom stereocenters. The minimum absolute atomic E-state index is 0.00473. The van der Waals surface area contributed by atoms with Gasteiger partial charge in [0.15, 0.2) is 5.78 Å². The summed E-state index contributed by atoms with van der Waals surface area (Å²) in [4.78, 5) is 39.0. The Kier molecular flexibility index (Phi) is 11.5. The van der Waals surface area contributed by atoms with Crippen LogP contribution >= 0.6 is 0 Å². The summed E-state index contributed by atoms with van der Waals surface area (Å²) in [6.07, 6.45) is 4.47. The second kappa shape index (κ2) is 15.7. The number of nitrogens with zero attached hydrogens (tertiary/aromatic N) is 3. The second-order valence-corrected chi connectivity index (χ2v) is 10.6. The molecule has 0 fully saturated rings. The zero-order valence-electron chi connectivity index (χ0n) is 25.4. The molecule has 0 saturated carbocycles. The first-order valence-corrected chi connectivity index (χ1v) is 15.1. The van der Waals surface area contributed by atoms with E-state index in [4.69, 9.17) is 14.2 Å². The van der Waals surface area contributed by atoms with E-state index in [1.165, 1.54) is 6.92 Å². The van der Waals surface area contributed by atoms with Crippen molar-refractivity contribution in [2.24, 2.45) is 5.92 Å². The van der Waals surface area contributed by atoms with Crippen LogP contribution in [0, 0.1) is 5.92 Å². The van der Waals surface area contributed by atoms with E-state index < -0.39 is 6.04 Å². The van der Waals surface area contributed by atoms with Crippen molar-refractivity contribution in [2.75, 3.05) is 30.5 Å². The Labute approximate surface area is 253 Å². The molecule has 3 heterocycles. The third-order valence-corrected chi connectivity index (χ3v) is 7.25. The van der Waals surface area contributed by atoms with Crippen molar-refractivity contribution in [2.45, 2.75) is 72.4 Å². The third kappa shape index (κ3) is 9.29. The average molecular weight is 591 g/mol. The highest BCUT2D eigenvalue weighted by atomic mass is 16.5. The molecule has 11 nitrogen and oxygen atoms in total. The number of anilines is 3. The summed E-state index contributed by atoms with van der Waals surface area (Å²) in [6.45, 7) is 9.27. The number of fused-ring (bicyclic) bond motifs is 10. The molecule has 2 aliphatic rings. The summed E-state index contributed by atoms with van der Waals surface area (Å²) in [6, 6.07) is 12.7. The molecule has 11 heteroatoms. The number of aromatic nitrogens is 3. The quantitative estimate of drug-likeness (QED) is 0.315. The minimum Gasteiger partial charge on any atom is -0.494 e. The van der Waals surface area contributed by atoms with Gasteiger partial charge in [0.2, 0.25) is 11.9 Å². The largest absolute Gasteiger partial charge is 0.494 e. The van der Waals surface area contributed by atoms with Crippen LogP contribution in [-0.4, -0.2) is 52.5 Å². The number of ketones is 1. The van der Waals surface area contributed by atoms with Gasteiger partial charge >= 0.3 is 6.01 Å². The van der Waals surface area contributed by atoms with Crippen LogP contribution in [0.1, 0.15) is 75.7 Å². The minimum atomic E-state index is -0.577. The number of nitrogens with one attached hydrogen (secondary N) is 3. The SMILES string of the molecule is CCOc1nc2nc(n1)Nc1ccc(C(=O)N[C@H](C(C)=O)[C@H](C)CC)c(c1)OCCCCCCOc1ccc(cc1)CN2. The molecule has 5 rings (SSSR count). The molecule has 2 aromatic carbocycles. The maximum atomic E-state index is 13.4. The topological polar surface area (TPSA) is 137 Å². The number of benzene rings is 2. The summed E-state index contributed by atoms with van der Waals surface area (Å²) in [5.41, 5.74) is 2.02. The fraction of sp³-hybridized carbons (Fsp3) is 0.469. The van der Waals surface area contributed by atoms with Crippen LogP contribution < -0.4 is 30.2 Å². The van der Waals surface area contributed by atoms with Gasteiger partial charge in [0, 0.05) is 18.3 Å². The third-order valence-electron chi connectivity index (χ3n) is 7.25. The Hall–Kier alpha value is -4.41. The number of hydrogen-bond acceptors (Lipinski definition) is 10. The molecule has 0 aliphatic carbocycles. The van der Waals surface area contributed by atoms with Crippen LogP contribution in [0.5, 0.6) is 17.5 Å². The fourth-order valence-corrected chi connectivity index (χ4v) is 4.64. The van der Waals surface area contributed by atoms with E-state index in [0.29, 0.717) is 49.3 Å². The Morgan fingerprint density at radius 1 is 0.953 bits per heavy atom. The van der Waals surface area contributed by atoms with Gasteiger partial charge in [0.25, 0.3) is 5.91 Å². The van der Waals surface area contributed by atoms with Gasteiger partial charge in [0.1, 0.15) is 11.5 Å². The number of rotatable bonds is 7. The molecule has 6 bridgehead atoms. The van der Waals surface area contributed by atoms with Crippen LogP contribution in [-0.2, 0) is 11.3 Å². The number of ether oxygens (including phenoxy) is 3. The first kappa shape index (κ1) is 31.5. The van der Waals surface area contributed by atoms with Crippen molar-refractivity contribution in [1.29, 1.82) is 0 Å². The maximum Gasteiger partial charge on any atom is 0.323 e. The van der Waals surface area contributed by atoms with Crippen molar-refractivity contribution >= 4 is 29.3 Å². The maximum absolute atomic E-state index is 13.4. The summed E-state index contributed by atoms with van der Waals surface area (Å²) in [7, 11) is 0. The lowest BCUT2D eigenvalue weighted by atomic mass is 9.95. The van der Waals surface area contributed by atoms with Crippen molar-refractivity contribution in [3.63, 3.8) is 0 Å². The van der Waals surface area contributed by atoms with E-state index in [0.717, 1.165) is 43.4 Å². The molecule has 0 spiro atoms. The zero-order valence-corrected chi connectivity index (χ0v) is 25.4. The number of hydrogen-bond donors (Lipinski definition) is 3. The van der Waals surface area contributed by atoms with Crippen LogP contribution in [0.4, 0.5) is 17.6 Å². The van der Waals surface area contributed by atoms with E-state index in [2.05, 4.69) is 30.9 Å². The highest BCUT2D eigenvalue weighted by Gasteiger charge is 2.25. The molecule has 2 aliphatic heterocycles. The number of carbonyl (C=O) groups is 2. The smallest absolute Gasteiger partial charge is 0.323 e. The summed E-state index contributed by atoms with van der Waals surface area (Å²) in [5, 5.41) is 9.35. The first-order chi connectivity index (χ1) is 20.9. The number of Topliss-reactive ketones (excluding diaryl/α,β-unsaturated/α-hetero) is 1. The Balaban J connectivity index is 1.62. The number of carbonyl (C=O) groups excluding carboxylic acids is 2. The van der Waals surface area contributed by atoms with Crippen molar-refractivity contribution in [3.8, 4) is 17.5 Å². The lowest BCUT2D eigenvalue weighted by Crippen LogP contribution is -2.44. The van der Waals surface area contributed by atoms with E-state index in [-0.39, 0.29) is 29.6 Å². The van der Waals surface area contributed by atoms with Gasteiger partial charge in [-0.2, -0.15) is 15.0 Å². The molecule has 0 unspecified atom stereocenters.